The quantitative estimate of drug-likeness (QED) is 0.846. The summed E-state index contributed by atoms with van der Waals surface area (Å²) in [7, 11) is 0. The van der Waals surface area contributed by atoms with E-state index in [1.165, 1.54) is 20.5 Å². The van der Waals surface area contributed by atoms with E-state index in [0.717, 1.165) is 0 Å². The van der Waals surface area contributed by atoms with Crippen LogP contribution in [0, 0.1) is 6.92 Å². The Labute approximate surface area is 110 Å². The van der Waals surface area contributed by atoms with Crippen LogP contribution >= 0.6 is 22.9 Å². The average Bonchev–Trinajstić information content (AvgIpc) is 2.67. The van der Waals surface area contributed by atoms with E-state index in [4.69, 9.17) is 11.6 Å². The molecule has 4 heteroatoms. The topological polar surface area (TPSA) is 29.1 Å². The molecule has 90 valence electrons. The number of fused-ring (bicyclic) bond motifs is 1. The molecule has 0 fully saturated rings. The zero-order valence-corrected chi connectivity index (χ0v) is 11.4. The highest BCUT2D eigenvalue weighted by molar-refractivity contribution is 7.19. The van der Waals surface area contributed by atoms with Gasteiger partial charge in [-0.2, -0.15) is 0 Å². The number of nitrogens with one attached hydrogen (secondary N) is 1. The standard InChI is InChI=1S/C13H14ClNOS/c1-8-10-5-3-4-6-11(10)17-13(8)9(2)15-12(16)7-14/h3-6,9H,7H2,1-2H3,(H,15,16)/t9-/m0/s1. The maximum Gasteiger partial charge on any atom is 0.235 e. The molecule has 1 aromatic carbocycles. The van der Waals surface area contributed by atoms with Crippen LogP contribution < -0.4 is 5.32 Å². The summed E-state index contributed by atoms with van der Waals surface area (Å²) < 4.78 is 1.26. The highest BCUT2D eigenvalue weighted by atomic mass is 35.5. The van der Waals surface area contributed by atoms with Crippen molar-refractivity contribution < 1.29 is 4.79 Å². The van der Waals surface area contributed by atoms with Crippen molar-refractivity contribution in [2.45, 2.75) is 19.9 Å². The van der Waals surface area contributed by atoms with Gasteiger partial charge >= 0.3 is 0 Å². The number of hydrogen-bond acceptors (Lipinski definition) is 2. The Bertz CT molecular complexity index is 549. The monoisotopic (exact) mass is 267 g/mol. The fourth-order valence-corrected chi connectivity index (χ4v) is 3.24. The number of alkyl halides is 1. The van der Waals surface area contributed by atoms with Crippen molar-refractivity contribution in [1.82, 2.24) is 5.32 Å². The summed E-state index contributed by atoms with van der Waals surface area (Å²) in [4.78, 5) is 12.5. The van der Waals surface area contributed by atoms with Gasteiger partial charge in [-0.1, -0.05) is 18.2 Å². The molecule has 0 radical (unpaired) electrons. The lowest BCUT2D eigenvalue weighted by molar-refractivity contribution is -0.119. The molecular formula is C13H14ClNOS. The molecular weight excluding hydrogens is 254 g/mol. The Morgan fingerprint density at radius 1 is 1.47 bits per heavy atom. The minimum atomic E-state index is -0.129. The SMILES string of the molecule is Cc1c([C@H](C)NC(=O)CCl)sc2ccccc12. The van der Waals surface area contributed by atoms with Crippen molar-refractivity contribution in [2.75, 3.05) is 5.88 Å². The highest BCUT2D eigenvalue weighted by Crippen LogP contribution is 2.34. The van der Waals surface area contributed by atoms with E-state index < -0.39 is 0 Å². The number of rotatable bonds is 3. The Morgan fingerprint density at radius 2 is 2.18 bits per heavy atom. The molecule has 0 saturated carbocycles. The van der Waals surface area contributed by atoms with Gasteiger partial charge in [-0.25, -0.2) is 0 Å². The van der Waals surface area contributed by atoms with Crippen molar-refractivity contribution in [2.24, 2.45) is 0 Å². The number of carbonyl (C=O) groups is 1. The molecule has 0 aliphatic carbocycles. The second kappa shape index (κ2) is 5.07. The average molecular weight is 268 g/mol. The summed E-state index contributed by atoms with van der Waals surface area (Å²) in [6, 6.07) is 8.30. The summed E-state index contributed by atoms with van der Waals surface area (Å²) in [6.07, 6.45) is 0. The fraction of sp³-hybridized carbons (Fsp3) is 0.308. The number of hydrogen-bond donors (Lipinski definition) is 1. The van der Waals surface area contributed by atoms with E-state index in [0.29, 0.717) is 0 Å². The predicted molar refractivity (Wildman–Crippen MR) is 73.8 cm³/mol. The molecule has 0 unspecified atom stereocenters. The van der Waals surface area contributed by atoms with Gasteiger partial charge in [0.2, 0.25) is 5.91 Å². The highest BCUT2D eigenvalue weighted by Gasteiger charge is 2.15. The van der Waals surface area contributed by atoms with Crippen LogP contribution in [0.2, 0.25) is 0 Å². The van der Waals surface area contributed by atoms with E-state index in [-0.39, 0.29) is 17.8 Å². The molecule has 0 aliphatic rings. The number of amides is 1. The maximum absolute atomic E-state index is 11.3. The Morgan fingerprint density at radius 3 is 2.82 bits per heavy atom. The molecule has 2 aromatic rings. The second-order valence-electron chi connectivity index (χ2n) is 4.01. The van der Waals surface area contributed by atoms with E-state index in [1.54, 1.807) is 11.3 Å². The van der Waals surface area contributed by atoms with Crippen LogP contribution in [-0.4, -0.2) is 11.8 Å². The van der Waals surface area contributed by atoms with Gasteiger partial charge in [-0.05, 0) is 30.9 Å². The van der Waals surface area contributed by atoms with Crippen LogP contribution in [0.3, 0.4) is 0 Å². The second-order valence-corrected chi connectivity index (χ2v) is 5.36. The molecule has 1 amide bonds. The summed E-state index contributed by atoms with van der Waals surface area (Å²) >= 11 is 7.22. The van der Waals surface area contributed by atoms with Gasteiger partial charge in [-0.3, -0.25) is 4.79 Å². The zero-order valence-electron chi connectivity index (χ0n) is 9.79. The van der Waals surface area contributed by atoms with Gasteiger partial charge in [0, 0.05) is 9.58 Å². The maximum atomic E-state index is 11.3. The van der Waals surface area contributed by atoms with Crippen LogP contribution in [0.15, 0.2) is 24.3 Å². The van der Waals surface area contributed by atoms with Crippen molar-refractivity contribution in [3.8, 4) is 0 Å². The molecule has 2 nitrogen and oxygen atoms in total. The van der Waals surface area contributed by atoms with Crippen molar-refractivity contribution in [3.05, 3.63) is 34.7 Å². The molecule has 17 heavy (non-hydrogen) atoms. The van der Waals surface area contributed by atoms with Crippen LogP contribution in [-0.2, 0) is 4.79 Å². The van der Waals surface area contributed by atoms with Gasteiger partial charge in [0.05, 0.1) is 6.04 Å². The minimum Gasteiger partial charge on any atom is -0.348 e. The number of halogens is 1. The third-order valence-corrected chi connectivity index (χ3v) is 4.47. The van der Waals surface area contributed by atoms with Crippen molar-refractivity contribution in [3.63, 3.8) is 0 Å². The summed E-state index contributed by atoms with van der Waals surface area (Å²) in [5, 5.41) is 4.15. The molecule has 1 aromatic heterocycles. The Kier molecular flexibility index (Phi) is 3.69. The number of thiophene rings is 1. The minimum absolute atomic E-state index is 0.00822. The number of carbonyl (C=O) groups excluding carboxylic acids is 1. The number of aryl methyl sites for hydroxylation is 1. The lowest BCUT2D eigenvalue weighted by atomic mass is 10.1. The molecule has 0 bridgehead atoms. The Hall–Kier alpha value is -1.06. The number of benzene rings is 1. The first kappa shape index (κ1) is 12.4. The van der Waals surface area contributed by atoms with E-state index in [1.807, 2.05) is 19.1 Å². The Balaban J connectivity index is 2.35. The predicted octanol–water partition coefficient (Wildman–Crippen LogP) is 3.63. The molecule has 0 aliphatic heterocycles. The van der Waals surface area contributed by atoms with Crippen molar-refractivity contribution in [1.29, 1.82) is 0 Å². The normalized spacial score (nSPS) is 12.6. The van der Waals surface area contributed by atoms with Crippen LogP contribution in [0.1, 0.15) is 23.4 Å². The summed E-state index contributed by atoms with van der Waals surface area (Å²) in [5.41, 5.74) is 1.24. The third kappa shape index (κ3) is 2.45. The van der Waals surface area contributed by atoms with Crippen LogP contribution in [0.5, 0.6) is 0 Å². The fourth-order valence-electron chi connectivity index (χ4n) is 1.95. The zero-order chi connectivity index (χ0) is 12.4. The van der Waals surface area contributed by atoms with Gasteiger partial charge in [0.15, 0.2) is 0 Å². The first-order valence-electron chi connectivity index (χ1n) is 5.47. The van der Waals surface area contributed by atoms with Gasteiger partial charge in [0.25, 0.3) is 0 Å². The molecule has 0 saturated heterocycles. The molecule has 1 heterocycles. The van der Waals surface area contributed by atoms with E-state index in [2.05, 4.69) is 24.4 Å². The molecule has 1 atom stereocenters. The molecule has 1 N–H and O–H groups in total. The van der Waals surface area contributed by atoms with Crippen LogP contribution in [0.25, 0.3) is 10.1 Å². The first-order valence-corrected chi connectivity index (χ1v) is 6.82. The van der Waals surface area contributed by atoms with Crippen LogP contribution in [0.4, 0.5) is 0 Å². The summed E-state index contributed by atoms with van der Waals surface area (Å²) in [5.74, 6) is -0.120. The van der Waals surface area contributed by atoms with Gasteiger partial charge in [0.1, 0.15) is 5.88 Å². The summed E-state index contributed by atoms with van der Waals surface area (Å²) in [6.45, 7) is 4.08. The third-order valence-electron chi connectivity index (χ3n) is 2.77. The van der Waals surface area contributed by atoms with Crippen molar-refractivity contribution >= 4 is 38.9 Å². The first-order chi connectivity index (χ1) is 8.13. The molecule has 0 spiro atoms. The molecule has 2 rings (SSSR count). The van der Waals surface area contributed by atoms with Gasteiger partial charge in [-0.15, -0.1) is 22.9 Å². The van der Waals surface area contributed by atoms with E-state index in [9.17, 15) is 4.79 Å². The lowest BCUT2D eigenvalue weighted by Crippen LogP contribution is -2.27. The largest absolute Gasteiger partial charge is 0.348 e. The van der Waals surface area contributed by atoms with Gasteiger partial charge < -0.3 is 5.32 Å². The van der Waals surface area contributed by atoms with E-state index >= 15 is 0 Å². The smallest absolute Gasteiger partial charge is 0.235 e. The lowest BCUT2D eigenvalue weighted by Gasteiger charge is -2.12.